The first kappa shape index (κ1) is 15.1. The van der Waals surface area contributed by atoms with Crippen LogP contribution < -0.4 is 10.2 Å². The Morgan fingerprint density at radius 1 is 1.38 bits per heavy atom. The van der Waals surface area contributed by atoms with Gasteiger partial charge in [0.1, 0.15) is 5.76 Å². The Balaban J connectivity index is 1.39. The summed E-state index contributed by atoms with van der Waals surface area (Å²) in [5.74, 6) is 1.33. The number of fused-ring (bicyclic) bond motifs is 2. The van der Waals surface area contributed by atoms with Crippen LogP contribution in [0.2, 0.25) is 0 Å². The lowest BCUT2D eigenvalue weighted by atomic mass is 9.99. The Bertz CT molecular complexity index is 701. The summed E-state index contributed by atoms with van der Waals surface area (Å²) in [5.41, 5.74) is 1.03. The third-order valence-corrected chi connectivity index (χ3v) is 4.56. The van der Waals surface area contributed by atoms with Crippen LogP contribution in [0.15, 0.2) is 35.2 Å². The Labute approximate surface area is 140 Å². The minimum absolute atomic E-state index is 0.0191. The van der Waals surface area contributed by atoms with Gasteiger partial charge in [0.15, 0.2) is 0 Å². The molecular weight excluding hydrogens is 308 g/mol. The summed E-state index contributed by atoms with van der Waals surface area (Å²) in [5, 5.41) is 2.94. The number of rotatable bonds is 4. The van der Waals surface area contributed by atoms with Gasteiger partial charge in [0.2, 0.25) is 11.9 Å². The van der Waals surface area contributed by atoms with Gasteiger partial charge in [-0.15, -0.1) is 0 Å². The van der Waals surface area contributed by atoms with Crippen molar-refractivity contribution in [2.24, 2.45) is 5.92 Å². The molecule has 2 aliphatic heterocycles. The van der Waals surface area contributed by atoms with Crippen molar-refractivity contribution in [2.45, 2.75) is 32.1 Å². The lowest BCUT2D eigenvalue weighted by Crippen LogP contribution is -2.46. The Hall–Kier alpha value is -2.41. The summed E-state index contributed by atoms with van der Waals surface area (Å²) in [7, 11) is 0. The van der Waals surface area contributed by atoms with Crippen LogP contribution in [-0.2, 0) is 16.1 Å². The van der Waals surface area contributed by atoms with Gasteiger partial charge >= 0.3 is 0 Å². The molecule has 3 atom stereocenters. The molecule has 2 aromatic heterocycles. The number of carbonyl (C=O) groups excluding carboxylic acids is 1. The van der Waals surface area contributed by atoms with Crippen molar-refractivity contribution in [3.8, 4) is 0 Å². The molecule has 1 N–H and O–H groups in total. The first-order valence-corrected chi connectivity index (χ1v) is 8.18. The third-order valence-electron chi connectivity index (χ3n) is 4.56. The van der Waals surface area contributed by atoms with E-state index in [1.54, 1.807) is 6.26 Å². The molecule has 2 aliphatic rings. The molecule has 0 saturated carbocycles. The molecule has 0 aliphatic carbocycles. The van der Waals surface area contributed by atoms with Crippen LogP contribution in [0.4, 0.5) is 5.95 Å². The Morgan fingerprint density at radius 3 is 2.96 bits per heavy atom. The highest BCUT2D eigenvalue weighted by Gasteiger charge is 2.45. The average molecular weight is 328 g/mol. The van der Waals surface area contributed by atoms with Crippen LogP contribution >= 0.6 is 0 Å². The fourth-order valence-corrected chi connectivity index (χ4v) is 3.36. The molecule has 126 valence electrons. The zero-order valence-electron chi connectivity index (χ0n) is 13.5. The maximum atomic E-state index is 12.5. The molecule has 7 nitrogen and oxygen atoms in total. The Kier molecular flexibility index (Phi) is 3.93. The van der Waals surface area contributed by atoms with Crippen LogP contribution in [0.3, 0.4) is 0 Å². The van der Waals surface area contributed by atoms with Crippen molar-refractivity contribution in [1.82, 2.24) is 15.3 Å². The average Bonchev–Trinajstić information content (AvgIpc) is 3.21. The number of aromatic nitrogens is 2. The molecule has 2 aromatic rings. The first-order valence-electron chi connectivity index (χ1n) is 8.18. The molecule has 2 fully saturated rings. The quantitative estimate of drug-likeness (QED) is 0.911. The van der Waals surface area contributed by atoms with E-state index >= 15 is 0 Å². The van der Waals surface area contributed by atoms with Crippen molar-refractivity contribution < 1.29 is 13.9 Å². The SMILES string of the molecule is Cc1cnc(N2C[C@H]3C[C@@H](C(=O)NCc4ccco4)[C@@H](C2)O3)nc1. The van der Waals surface area contributed by atoms with Gasteiger partial charge in [0, 0.05) is 25.5 Å². The minimum Gasteiger partial charge on any atom is -0.467 e. The molecule has 0 aromatic carbocycles. The summed E-state index contributed by atoms with van der Waals surface area (Å²) < 4.78 is 11.2. The van der Waals surface area contributed by atoms with Gasteiger partial charge in [-0.3, -0.25) is 4.79 Å². The number of aryl methyl sites for hydroxylation is 1. The maximum Gasteiger partial charge on any atom is 0.226 e. The van der Waals surface area contributed by atoms with Crippen molar-refractivity contribution in [3.05, 3.63) is 42.1 Å². The molecule has 7 heteroatoms. The van der Waals surface area contributed by atoms with Gasteiger partial charge in [-0.25, -0.2) is 9.97 Å². The second-order valence-electron chi connectivity index (χ2n) is 6.40. The standard InChI is InChI=1S/C17H20N4O3/c1-11-6-19-17(20-7-11)21-9-13-5-14(15(10-21)24-13)16(22)18-8-12-3-2-4-23-12/h2-4,6-7,13-15H,5,8-10H2,1H3,(H,18,22)/t13-,14-,15-/m1/s1. The van der Waals surface area contributed by atoms with E-state index in [0.29, 0.717) is 19.0 Å². The predicted molar refractivity (Wildman–Crippen MR) is 86.3 cm³/mol. The van der Waals surface area contributed by atoms with E-state index in [-0.39, 0.29) is 24.0 Å². The fourth-order valence-electron chi connectivity index (χ4n) is 3.36. The van der Waals surface area contributed by atoms with E-state index in [4.69, 9.17) is 9.15 Å². The zero-order valence-corrected chi connectivity index (χ0v) is 13.5. The highest BCUT2D eigenvalue weighted by Crippen LogP contribution is 2.33. The largest absolute Gasteiger partial charge is 0.467 e. The van der Waals surface area contributed by atoms with Gasteiger partial charge in [-0.2, -0.15) is 0 Å². The topological polar surface area (TPSA) is 80.5 Å². The van der Waals surface area contributed by atoms with Crippen molar-refractivity contribution in [1.29, 1.82) is 0 Å². The highest BCUT2D eigenvalue weighted by molar-refractivity contribution is 5.79. The van der Waals surface area contributed by atoms with Gasteiger partial charge in [0.05, 0.1) is 30.9 Å². The van der Waals surface area contributed by atoms with Gasteiger partial charge in [0.25, 0.3) is 0 Å². The number of hydrogen-bond donors (Lipinski definition) is 1. The van der Waals surface area contributed by atoms with E-state index in [9.17, 15) is 4.79 Å². The summed E-state index contributed by atoms with van der Waals surface area (Å²) in [4.78, 5) is 23.4. The molecule has 0 unspecified atom stereocenters. The monoisotopic (exact) mass is 328 g/mol. The molecule has 4 rings (SSSR count). The summed E-state index contributed by atoms with van der Waals surface area (Å²) >= 11 is 0. The molecule has 4 heterocycles. The third kappa shape index (κ3) is 2.99. The number of ether oxygens (including phenoxy) is 1. The van der Waals surface area contributed by atoms with Crippen LogP contribution in [0, 0.1) is 12.8 Å². The van der Waals surface area contributed by atoms with E-state index in [1.807, 2.05) is 31.5 Å². The summed E-state index contributed by atoms with van der Waals surface area (Å²) in [6, 6.07) is 3.66. The lowest BCUT2D eigenvalue weighted by molar-refractivity contribution is -0.127. The number of hydrogen-bond acceptors (Lipinski definition) is 6. The number of morpholine rings is 1. The van der Waals surface area contributed by atoms with Crippen LogP contribution in [0.5, 0.6) is 0 Å². The van der Waals surface area contributed by atoms with Crippen LogP contribution in [0.25, 0.3) is 0 Å². The van der Waals surface area contributed by atoms with Crippen LogP contribution in [-0.4, -0.2) is 41.2 Å². The molecule has 2 bridgehead atoms. The molecular formula is C17H20N4O3. The summed E-state index contributed by atoms with van der Waals surface area (Å²) in [6.45, 7) is 3.73. The highest BCUT2D eigenvalue weighted by atomic mass is 16.5. The first-order chi connectivity index (χ1) is 11.7. The normalized spacial score (nSPS) is 25.7. The molecule has 0 spiro atoms. The van der Waals surface area contributed by atoms with E-state index in [1.165, 1.54) is 0 Å². The number of furan rings is 1. The lowest BCUT2D eigenvalue weighted by Gasteiger charge is -2.32. The number of nitrogens with zero attached hydrogens (tertiary/aromatic N) is 3. The molecule has 0 radical (unpaired) electrons. The van der Waals surface area contributed by atoms with E-state index in [2.05, 4.69) is 20.2 Å². The van der Waals surface area contributed by atoms with Gasteiger partial charge in [-0.1, -0.05) is 0 Å². The molecule has 24 heavy (non-hydrogen) atoms. The van der Waals surface area contributed by atoms with Crippen molar-refractivity contribution >= 4 is 11.9 Å². The van der Waals surface area contributed by atoms with Gasteiger partial charge in [-0.05, 0) is 31.0 Å². The smallest absolute Gasteiger partial charge is 0.226 e. The van der Waals surface area contributed by atoms with Crippen molar-refractivity contribution in [2.75, 3.05) is 18.0 Å². The van der Waals surface area contributed by atoms with E-state index < -0.39 is 0 Å². The number of anilines is 1. The molecule has 1 amide bonds. The number of nitrogens with one attached hydrogen (secondary N) is 1. The second-order valence-corrected chi connectivity index (χ2v) is 6.40. The van der Waals surface area contributed by atoms with Crippen LogP contribution in [0.1, 0.15) is 17.7 Å². The number of carbonyl (C=O) groups is 1. The summed E-state index contributed by atoms with van der Waals surface area (Å²) in [6.07, 6.45) is 5.89. The maximum absolute atomic E-state index is 12.5. The molecule has 2 saturated heterocycles. The minimum atomic E-state index is -0.139. The second kappa shape index (κ2) is 6.24. The predicted octanol–water partition coefficient (Wildman–Crippen LogP) is 1.29. The zero-order chi connectivity index (χ0) is 16.5. The van der Waals surface area contributed by atoms with Gasteiger partial charge < -0.3 is 19.4 Å². The van der Waals surface area contributed by atoms with Crippen molar-refractivity contribution in [3.63, 3.8) is 0 Å². The number of amides is 1. The van der Waals surface area contributed by atoms with E-state index in [0.717, 1.165) is 24.3 Å². The fraction of sp³-hybridized carbons (Fsp3) is 0.471. The Morgan fingerprint density at radius 2 is 2.21 bits per heavy atom.